The summed E-state index contributed by atoms with van der Waals surface area (Å²) < 4.78 is 27.3. The van der Waals surface area contributed by atoms with Crippen LogP contribution < -0.4 is 5.73 Å². The lowest BCUT2D eigenvalue weighted by Crippen LogP contribution is -2.51. The Labute approximate surface area is 125 Å². The first kappa shape index (κ1) is 15.8. The van der Waals surface area contributed by atoms with Gasteiger partial charge in [-0.15, -0.1) is 11.8 Å². The van der Waals surface area contributed by atoms with Gasteiger partial charge < -0.3 is 5.73 Å². The van der Waals surface area contributed by atoms with Crippen LogP contribution in [0, 0.1) is 5.92 Å². The molecule has 1 fully saturated rings. The first-order valence-corrected chi connectivity index (χ1v) is 9.53. The highest BCUT2D eigenvalue weighted by molar-refractivity contribution is 7.98. The summed E-state index contributed by atoms with van der Waals surface area (Å²) in [4.78, 5) is 1.33. The highest BCUT2D eigenvalue weighted by atomic mass is 32.2. The molecule has 1 aliphatic rings. The normalized spacial score (nSPS) is 24.8. The molecule has 2 unspecified atom stereocenters. The fourth-order valence-corrected chi connectivity index (χ4v) is 5.11. The lowest BCUT2D eigenvalue weighted by Gasteiger charge is -2.38. The summed E-state index contributed by atoms with van der Waals surface area (Å²) in [7, 11) is -3.45. The molecule has 1 heterocycles. The summed E-state index contributed by atoms with van der Waals surface area (Å²) in [6.45, 7) is 3.03. The van der Waals surface area contributed by atoms with E-state index in [1.165, 1.54) is 0 Å². The Morgan fingerprint density at radius 1 is 1.45 bits per heavy atom. The minimum absolute atomic E-state index is 0.0910. The van der Waals surface area contributed by atoms with Crippen LogP contribution in [0.1, 0.15) is 19.8 Å². The molecular weight excluding hydrogens is 292 g/mol. The second kappa shape index (κ2) is 6.47. The van der Waals surface area contributed by atoms with E-state index < -0.39 is 10.0 Å². The Kier molecular flexibility index (Phi) is 5.12. The molecule has 1 saturated heterocycles. The zero-order valence-corrected chi connectivity index (χ0v) is 13.6. The van der Waals surface area contributed by atoms with E-state index in [-0.39, 0.29) is 6.04 Å². The largest absolute Gasteiger partial charge is 0.329 e. The average Bonchev–Trinajstić information content (AvgIpc) is 2.47. The monoisotopic (exact) mass is 314 g/mol. The van der Waals surface area contributed by atoms with E-state index in [4.69, 9.17) is 5.73 Å². The number of nitrogens with two attached hydrogens (primary N) is 1. The molecule has 112 valence electrons. The maximum absolute atomic E-state index is 12.8. The third kappa shape index (κ3) is 3.03. The van der Waals surface area contributed by atoms with Crippen LogP contribution in [0.25, 0.3) is 0 Å². The van der Waals surface area contributed by atoms with E-state index in [0.717, 1.165) is 17.7 Å². The molecule has 1 aromatic carbocycles. The summed E-state index contributed by atoms with van der Waals surface area (Å²) in [6, 6.07) is 7.04. The van der Waals surface area contributed by atoms with Gasteiger partial charge in [-0.25, -0.2) is 8.42 Å². The van der Waals surface area contributed by atoms with E-state index in [0.29, 0.717) is 23.9 Å². The van der Waals surface area contributed by atoms with Gasteiger partial charge in [-0.2, -0.15) is 4.31 Å². The third-order valence-electron chi connectivity index (χ3n) is 3.95. The van der Waals surface area contributed by atoms with Gasteiger partial charge in [-0.3, -0.25) is 0 Å². The number of thioether (sulfide) groups is 1. The van der Waals surface area contributed by atoms with Crippen molar-refractivity contribution in [1.29, 1.82) is 0 Å². The number of hydrogen-bond acceptors (Lipinski definition) is 4. The smallest absolute Gasteiger partial charge is 0.243 e. The van der Waals surface area contributed by atoms with Gasteiger partial charge in [0.05, 0.1) is 4.90 Å². The molecule has 20 heavy (non-hydrogen) atoms. The van der Waals surface area contributed by atoms with Gasteiger partial charge in [-0.1, -0.05) is 13.0 Å². The van der Waals surface area contributed by atoms with E-state index in [9.17, 15) is 8.42 Å². The van der Waals surface area contributed by atoms with Crippen molar-refractivity contribution in [2.45, 2.75) is 35.6 Å². The molecule has 0 amide bonds. The molecule has 1 aliphatic heterocycles. The molecule has 0 radical (unpaired) electrons. The molecule has 0 spiro atoms. The summed E-state index contributed by atoms with van der Waals surface area (Å²) in [5.41, 5.74) is 5.80. The fraction of sp³-hybridized carbons (Fsp3) is 0.571. The van der Waals surface area contributed by atoms with Crippen molar-refractivity contribution in [3.8, 4) is 0 Å². The van der Waals surface area contributed by atoms with Gasteiger partial charge in [0.2, 0.25) is 10.0 Å². The first-order valence-electron chi connectivity index (χ1n) is 6.86. The SMILES string of the molecule is CSc1cccc(S(=O)(=O)N2CCCC(C)C2CN)c1. The van der Waals surface area contributed by atoms with Crippen molar-refractivity contribution in [1.82, 2.24) is 4.31 Å². The van der Waals surface area contributed by atoms with Crippen LogP contribution in [0.15, 0.2) is 34.1 Å². The van der Waals surface area contributed by atoms with Gasteiger partial charge in [0.25, 0.3) is 0 Å². The molecule has 2 atom stereocenters. The Balaban J connectivity index is 2.37. The van der Waals surface area contributed by atoms with Crippen molar-refractivity contribution in [2.75, 3.05) is 19.3 Å². The predicted molar refractivity (Wildman–Crippen MR) is 83.4 cm³/mol. The Bertz CT molecular complexity index is 560. The summed E-state index contributed by atoms with van der Waals surface area (Å²) in [5.74, 6) is 0.312. The standard InChI is InChI=1S/C14H22N2O2S2/c1-11-5-4-8-16(14(11)10-15)20(17,18)13-7-3-6-12(9-13)19-2/h3,6-7,9,11,14H,4-5,8,10,15H2,1-2H3. The van der Waals surface area contributed by atoms with Crippen LogP contribution in [0.2, 0.25) is 0 Å². The minimum atomic E-state index is -3.45. The van der Waals surface area contributed by atoms with Crippen molar-refractivity contribution in [2.24, 2.45) is 11.7 Å². The van der Waals surface area contributed by atoms with Crippen LogP contribution in [-0.2, 0) is 10.0 Å². The first-order chi connectivity index (χ1) is 9.50. The van der Waals surface area contributed by atoms with Gasteiger partial charge in [0, 0.05) is 24.0 Å². The van der Waals surface area contributed by atoms with Crippen LogP contribution in [0.3, 0.4) is 0 Å². The number of benzene rings is 1. The van der Waals surface area contributed by atoms with Crippen molar-refractivity contribution >= 4 is 21.8 Å². The Hall–Kier alpha value is -0.560. The zero-order chi connectivity index (χ0) is 14.8. The highest BCUT2D eigenvalue weighted by Crippen LogP contribution is 2.29. The number of hydrogen-bond donors (Lipinski definition) is 1. The Morgan fingerprint density at radius 2 is 2.20 bits per heavy atom. The maximum Gasteiger partial charge on any atom is 0.243 e. The average molecular weight is 314 g/mol. The Morgan fingerprint density at radius 3 is 2.85 bits per heavy atom. The molecule has 0 saturated carbocycles. The second-order valence-electron chi connectivity index (χ2n) is 5.22. The molecule has 4 nitrogen and oxygen atoms in total. The quantitative estimate of drug-likeness (QED) is 0.865. The maximum atomic E-state index is 12.8. The van der Waals surface area contributed by atoms with Gasteiger partial charge >= 0.3 is 0 Å². The lowest BCUT2D eigenvalue weighted by molar-refractivity contribution is 0.192. The minimum Gasteiger partial charge on any atom is -0.329 e. The van der Waals surface area contributed by atoms with E-state index >= 15 is 0 Å². The van der Waals surface area contributed by atoms with Gasteiger partial charge in [0.1, 0.15) is 0 Å². The third-order valence-corrected chi connectivity index (χ3v) is 6.60. The molecule has 2 N–H and O–H groups in total. The van der Waals surface area contributed by atoms with Crippen molar-refractivity contribution < 1.29 is 8.42 Å². The molecule has 6 heteroatoms. The van der Waals surface area contributed by atoms with Crippen LogP contribution in [0.5, 0.6) is 0 Å². The second-order valence-corrected chi connectivity index (χ2v) is 7.99. The molecule has 1 aromatic rings. The summed E-state index contributed by atoms with van der Waals surface area (Å²) >= 11 is 1.55. The number of sulfonamides is 1. The van der Waals surface area contributed by atoms with Crippen LogP contribution in [-0.4, -0.2) is 38.1 Å². The van der Waals surface area contributed by atoms with Gasteiger partial charge in [-0.05, 0) is 43.2 Å². The van der Waals surface area contributed by atoms with E-state index in [1.54, 1.807) is 34.3 Å². The van der Waals surface area contributed by atoms with Crippen LogP contribution >= 0.6 is 11.8 Å². The predicted octanol–water partition coefficient (Wildman–Crippen LogP) is 2.16. The van der Waals surface area contributed by atoms with E-state index in [1.807, 2.05) is 12.3 Å². The lowest BCUT2D eigenvalue weighted by atomic mass is 9.93. The highest BCUT2D eigenvalue weighted by Gasteiger charge is 2.36. The molecule has 0 aliphatic carbocycles. The van der Waals surface area contributed by atoms with Crippen molar-refractivity contribution in [3.05, 3.63) is 24.3 Å². The molecule has 2 rings (SSSR count). The molecule has 0 bridgehead atoms. The number of nitrogens with zero attached hydrogens (tertiary/aromatic N) is 1. The molecule has 0 aromatic heterocycles. The topological polar surface area (TPSA) is 63.4 Å². The fourth-order valence-electron chi connectivity index (χ4n) is 2.76. The van der Waals surface area contributed by atoms with Crippen LogP contribution in [0.4, 0.5) is 0 Å². The van der Waals surface area contributed by atoms with Gasteiger partial charge in [0.15, 0.2) is 0 Å². The van der Waals surface area contributed by atoms with E-state index in [2.05, 4.69) is 6.92 Å². The number of rotatable bonds is 4. The number of piperidine rings is 1. The van der Waals surface area contributed by atoms with Crippen molar-refractivity contribution in [3.63, 3.8) is 0 Å². The summed E-state index contributed by atoms with van der Waals surface area (Å²) in [6.07, 6.45) is 3.88. The zero-order valence-electron chi connectivity index (χ0n) is 12.0. The summed E-state index contributed by atoms with van der Waals surface area (Å²) in [5, 5.41) is 0. The molecular formula is C14H22N2O2S2.